The first-order valence-electron chi connectivity index (χ1n) is 12.2. The van der Waals surface area contributed by atoms with Crippen LogP contribution in [0.2, 0.25) is 0 Å². The Kier molecular flexibility index (Phi) is 13.2. The minimum absolute atomic E-state index is 0.171. The number of unbranched alkanes of at least 4 members (excludes halogenated alkanes) is 9. The van der Waals surface area contributed by atoms with Crippen molar-refractivity contribution in [3.05, 3.63) is 0 Å². The number of halogens is 17. The molecule has 0 radical (unpaired) electrons. The topological polar surface area (TPSA) is 46.5 Å². The zero-order valence-corrected chi connectivity index (χ0v) is 21.5. The van der Waals surface area contributed by atoms with Crippen LogP contribution in [0.5, 0.6) is 0 Å². The van der Waals surface area contributed by atoms with Crippen LogP contribution in [0.4, 0.5) is 79.4 Å². The smallest absolute Gasteiger partial charge is 0.450 e. The molecule has 0 aliphatic heterocycles. The van der Waals surface area contributed by atoms with Crippen LogP contribution in [0.25, 0.3) is 0 Å². The zero-order chi connectivity index (χ0) is 33.6. The lowest BCUT2D eigenvalue weighted by molar-refractivity contribution is -0.469. The van der Waals surface area contributed by atoms with Crippen molar-refractivity contribution in [2.45, 2.75) is 131 Å². The van der Waals surface area contributed by atoms with Crippen LogP contribution in [0.3, 0.4) is 0 Å². The Morgan fingerprint density at radius 3 is 1.21 bits per heavy atom. The lowest BCUT2D eigenvalue weighted by atomic mass is 9.87. The predicted octanol–water partition coefficient (Wildman–Crippen LogP) is 10.4. The summed E-state index contributed by atoms with van der Waals surface area (Å²) in [4.78, 5) is 9.93. The van der Waals surface area contributed by atoms with Crippen molar-refractivity contribution in [1.82, 2.24) is 0 Å². The number of ether oxygens (including phenoxy) is 1. The first kappa shape index (κ1) is 40.1. The fourth-order valence-corrected chi connectivity index (χ4v) is 3.54. The molecule has 0 aliphatic rings. The van der Waals surface area contributed by atoms with Crippen LogP contribution in [-0.2, 0) is 4.74 Å². The molecular formula is C22H27F17O3. The van der Waals surface area contributed by atoms with Gasteiger partial charge in [-0.15, -0.1) is 0 Å². The van der Waals surface area contributed by atoms with Gasteiger partial charge in [0.2, 0.25) is 0 Å². The molecule has 1 unspecified atom stereocenters. The van der Waals surface area contributed by atoms with Gasteiger partial charge in [0.05, 0.1) is 0 Å². The lowest BCUT2D eigenvalue weighted by Gasteiger charge is -2.43. The van der Waals surface area contributed by atoms with Gasteiger partial charge in [0.15, 0.2) is 6.17 Å². The fourth-order valence-electron chi connectivity index (χ4n) is 3.54. The highest BCUT2D eigenvalue weighted by Crippen LogP contribution is 2.64. The number of rotatable bonds is 20. The van der Waals surface area contributed by atoms with Gasteiger partial charge in [0.25, 0.3) is 0 Å². The zero-order valence-electron chi connectivity index (χ0n) is 21.5. The summed E-state index contributed by atoms with van der Waals surface area (Å²) in [7, 11) is 0. The number of hydrogen-bond acceptors (Lipinski definition) is 2. The highest BCUT2D eigenvalue weighted by molar-refractivity contribution is 5.57. The van der Waals surface area contributed by atoms with Crippen molar-refractivity contribution in [1.29, 1.82) is 0 Å². The Morgan fingerprint density at radius 2 is 0.857 bits per heavy atom. The number of carbonyl (C=O) groups is 1. The summed E-state index contributed by atoms with van der Waals surface area (Å²) in [6.07, 6.45) is -12.4. The summed E-state index contributed by atoms with van der Waals surface area (Å²) in [5, 5.41) is 7.82. The molecule has 3 nitrogen and oxygen atoms in total. The summed E-state index contributed by atoms with van der Waals surface area (Å²) in [5.74, 6) is -57.7. The maximum atomic E-state index is 13.9. The summed E-state index contributed by atoms with van der Waals surface area (Å²) in [5.41, 5.74) is 0. The van der Waals surface area contributed by atoms with Crippen molar-refractivity contribution in [3.8, 4) is 0 Å². The van der Waals surface area contributed by atoms with Gasteiger partial charge in [0, 0.05) is 0 Å². The monoisotopic (exact) mass is 662 g/mol. The van der Waals surface area contributed by atoms with Gasteiger partial charge in [-0.3, -0.25) is 0 Å². The SMILES string of the molecule is CCCCCCCCCCCCC(F)C(F)(F)C(F)(F)C(F)(F)C(F)(F)C(F)(F)C(F)(F)C(F)(F)C(F)(F)OC(=O)O. The molecule has 0 aromatic carbocycles. The molecule has 1 atom stereocenters. The molecule has 0 bridgehead atoms. The van der Waals surface area contributed by atoms with Crippen LogP contribution in [0.1, 0.15) is 77.6 Å². The Hall–Kier alpha value is -1.92. The van der Waals surface area contributed by atoms with E-state index in [1.807, 2.05) is 11.7 Å². The van der Waals surface area contributed by atoms with E-state index in [4.69, 9.17) is 5.11 Å². The van der Waals surface area contributed by atoms with Crippen LogP contribution in [0.15, 0.2) is 0 Å². The second-order valence-electron chi connectivity index (χ2n) is 9.39. The van der Waals surface area contributed by atoms with E-state index in [1.165, 1.54) is 0 Å². The summed E-state index contributed by atoms with van der Waals surface area (Å²) < 4.78 is 234. The van der Waals surface area contributed by atoms with Crippen LogP contribution < -0.4 is 0 Å². The molecule has 0 aromatic heterocycles. The van der Waals surface area contributed by atoms with Crippen molar-refractivity contribution in [2.75, 3.05) is 0 Å². The molecule has 0 saturated carbocycles. The second-order valence-corrected chi connectivity index (χ2v) is 9.39. The van der Waals surface area contributed by atoms with Crippen LogP contribution in [-0.4, -0.2) is 65.0 Å². The maximum Gasteiger partial charge on any atom is 0.510 e. The van der Waals surface area contributed by atoms with E-state index in [-0.39, 0.29) is 12.8 Å². The van der Waals surface area contributed by atoms with Gasteiger partial charge in [0.1, 0.15) is 0 Å². The predicted molar refractivity (Wildman–Crippen MR) is 110 cm³/mol. The largest absolute Gasteiger partial charge is 0.510 e. The molecule has 0 heterocycles. The minimum Gasteiger partial charge on any atom is -0.450 e. The fraction of sp³-hybridized carbons (Fsp3) is 0.955. The van der Waals surface area contributed by atoms with Crippen molar-refractivity contribution >= 4 is 6.16 Å². The minimum atomic E-state index is -8.75. The third-order valence-corrected chi connectivity index (χ3v) is 6.18. The van der Waals surface area contributed by atoms with Crippen molar-refractivity contribution in [3.63, 3.8) is 0 Å². The number of carboxylic acid groups (broad SMARTS) is 1. The van der Waals surface area contributed by atoms with Gasteiger partial charge in [-0.25, -0.2) is 9.18 Å². The summed E-state index contributed by atoms with van der Waals surface area (Å²) in [6, 6.07) is 0. The summed E-state index contributed by atoms with van der Waals surface area (Å²) >= 11 is 0. The first-order valence-corrected chi connectivity index (χ1v) is 12.2. The number of alkyl halides is 17. The molecule has 252 valence electrons. The van der Waals surface area contributed by atoms with Gasteiger partial charge >= 0.3 is 53.7 Å². The average molecular weight is 662 g/mol. The van der Waals surface area contributed by atoms with Gasteiger partial charge < -0.3 is 9.84 Å². The third-order valence-electron chi connectivity index (χ3n) is 6.18. The van der Waals surface area contributed by atoms with E-state index >= 15 is 0 Å². The summed E-state index contributed by atoms with van der Waals surface area (Å²) in [6.45, 7) is 1.96. The van der Waals surface area contributed by atoms with Crippen LogP contribution in [0, 0.1) is 0 Å². The Labute approximate surface area is 227 Å². The molecule has 0 rings (SSSR count). The Morgan fingerprint density at radius 1 is 0.548 bits per heavy atom. The molecule has 42 heavy (non-hydrogen) atoms. The van der Waals surface area contributed by atoms with Crippen LogP contribution >= 0.6 is 0 Å². The standard InChI is InChI=1S/C22H27F17O3/c1-2-3-4-5-6-7-8-9-10-11-12-13(23)15(24,25)16(26,27)17(28,29)18(30,31)19(32,33)20(34,35)21(36,37)22(38,39)42-14(40)41/h13H,2-12H2,1H3,(H,40,41). The van der Waals surface area contributed by atoms with E-state index < -0.39 is 72.7 Å². The maximum absolute atomic E-state index is 13.9. The molecular weight excluding hydrogens is 635 g/mol. The third kappa shape index (κ3) is 7.41. The molecule has 0 fully saturated rings. The van der Waals surface area contributed by atoms with Gasteiger partial charge in [-0.1, -0.05) is 71.1 Å². The van der Waals surface area contributed by atoms with Crippen molar-refractivity contribution < 1.29 is 89.3 Å². The van der Waals surface area contributed by atoms with E-state index in [9.17, 15) is 79.4 Å². The van der Waals surface area contributed by atoms with Crippen molar-refractivity contribution in [2.24, 2.45) is 0 Å². The highest BCUT2D eigenvalue weighted by atomic mass is 19.4. The second kappa shape index (κ2) is 13.8. The van der Waals surface area contributed by atoms with Gasteiger partial charge in [-0.2, -0.15) is 70.2 Å². The first-order chi connectivity index (χ1) is 18.6. The molecule has 0 aliphatic carbocycles. The van der Waals surface area contributed by atoms with E-state index in [1.54, 1.807) is 0 Å². The van der Waals surface area contributed by atoms with E-state index in [0.29, 0.717) is 12.8 Å². The molecule has 0 saturated heterocycles. The average Bonchev–Trinajstić information content (AvgIpc) is 2.83. The Bertz CT molecular complexity index is 861. The normalized spacial score (nSPS) is 15.6. The van der Waals surface area contributed by atoms with E-state index in [2.05, 4.69) is 0 Å². The molecule has 20 heteroatoms. The van der Waals surface area contributed by atoms with E-state index in [0.717, 1.165) is 32.1 Å². The lowest BCUT2D eigenvalue weighted by Crippen LogP contribution is -2.75. The van der Waals surface area contributed by atoms with Gasteiger partial charge in [-0.05, 0) is 6.42 Å². The molecule has 0 aromatic rings. The number of hydrogen-bond donors (Lipinski definition) is 1. The quantitative estimate of drug-likeness (QED) is 0.0802. The molecule has 1 N–H and O–H groups in total. The molecule has 0 spiro atoms. The molecule has 0 amide bonds. The Balaban J connectivity index is 5.85. The highest BCUT2D eigenvalue weighted by Gasteiger charge is 2.95.